The van der Waals surface area contributed by atoms with Crippen molar-refractivity contribution in [2.75, 3.05) is 6.54 Å². The summed E-state index contributed by atoms with van der Waals surface area (Å²) >= 11 is 0. The second-order valence-electron chi connectivity index (χ2n) is 1.20. The van der Waals surface area contributed by atoms with E-state index >= 15 is 0 Å². The van der Waals surface area contributed by atoms with E-state index in [4.69, 9.17) is 0 Å². The number of hydrazone groups is 1. The minimum absolute atomic E-state index is 0.927. The molecule has 0 spiro atoms. The molecule has 0 atom stereocenters. The van der Waals surface area contributed by atoms with Gasteiger partial charge in [-0.05, 0) is 12.8 Å². The fourth-order valence-corrected chi connectivity index (χ4v) is 0.392. The average Bonchev–Trinajstić information content (AvgIpc) is 1.72. The minimum atomic E-state index is 0.927. The van der Waals surface area contributed by atoms with E-state index in [-0.39, 0.29) is 0 Å². The molecule has 1 radical (unpaired) electrons. The molecule has 0 saturated carbocycles. The molecule has 33 valence electrons. The molecule has 0 aromatic rings. The Kier molecular flexibility index (Phi) is 1.10. The quantitative estimate of drug-likeness (QED) is 0.443. The van der Waals surface area contributed by atoms with Gasteiger partial charge in [0.05, 0.1) is 0 Å². The SMILES string of the molecule is [CH]1CC=NNC1. The zero-order chi connectivity index (χ0) is 4.24. The lowest BCUT2D eigenvalue weighted by atomic mass is 10.3. The largest absolute Gasteiger partial charge is 0.310 e. The van der Waals surface area contributed by atoms with Crippen molar-refractivity contribution in [3.05, 3.63) is 6.42 Å². The van der Waals surface area contributed by atoms with E-state index in [1.807, 2.05) is 6.21 Å². The molecule has 1 aliphatic heterocycles. The highest BCUT2D eigenvalue weighted by molar-refractivity contribution is 5.59. The van der Waals surface area contributed by atoms with E-state index in [2.05, 4.69) is 16.9 Å². The van der Waals surface area contributed by atoms with Gasteiger partial charge in [-0.2, -0.15) is 5.10 Å². The van der Waals surface area contributed by atoms with Gasteiger partial charge in [0, 0.05) is 12.8 Å². The third-order valence-electron chi connectivity index (χ3n) is 0.690. The molecule has 1 rings (SSSR count). The van der Waals surface area contributed by atoms with Crippen LogP contribution in [0.3, 0.4) is 0 Å². The normalized spacial score (nSPS) is 20.0. The van der Waals surface area contributed by atoms with E-state index in [9.17, 15) is 0 Å². The molecule has 0 aromatic carbocycles. The van der Waals surface area contributed by atoms with Crippen molar-refractivity contribution < 1.29 is 0 Å². The second kappa shape index (κ2) is 1.80. The van der Waals surface area contributed by atoms with Crippen LogP contribution in [-0.2, 0) is 0 Å². The van der Waals surface area contributed by atoms with Crippen molar-refractivity contribution in [3.63, 3.8) is 0 Å². The number of hydrogen-bond donors (Lipinski definition) is 1. The van der Waals surface area contributed by atoms with Crippen molar-refractivity contribution in [2.24, 2.45) is 5.10 Å². The van der Waals surface area contributed by atoms with Crippen LogP contribution >= 0.6 is 0 Å². The molecular formula is C4H7N2. The standard InChI is InChI=1S/C4H7N2/c1-2-4-6-5-3-1/h1,4-5H,2-3H2. The van der Waals surface area contributed by atoms with Crippen molar-refractivity contribution in [2.45, 2.75) is 6.42 Å². The third-order valence-corrected chi connectivity index (χ3v) is 0.690. The van der Waals surface area contributed by atoms with Crippen LogP contribution in [0.2, 0.25) is 0 Å². The molecule has 2 nitrogen and oxygen atoms in total. The van der Waals surface area contributed by atoms with Gasteiger partial charge in [0.1, 0.15) is 0 Å². The Labute approximate surface area is 37.2 Å². The van der Waals surface area contributed by atoms with Gasteiger partial charge in [-0.1, -0.05) is 0 Å². The Morgan fingerprint density at radius 2 is 2.67 bits per heavy atom. The summed E-state index contributed by atoms with van der Waals surface area (Å²) in [4.78, 5) is 0. The van der Waals surface area contributed by atoms with Crippen LogP contribution in [0.15, 0.2) is 5.10 Å². The fourth-order valence-electron chi connectivity index (χ4n) is 0.392. The van der Waals surface area contributed by atoms with Crippen LogP contribution in [0.5, 0.6) is 0 Å². The molecule has 1 heterocycles. The average molecular weight is 83.1 g/mol. The maximum Gasteiger partial charge on any atom is 0.0364 e. The summed E-state index contributed by atoms with van der Waals surface area (Å²) in [6.45, 7) is 0.927. The highest BCUT2D eigenvalue weighted by Gasteiger charge is 1.86. The lowest BCUT2D eigenvalue weighted by Gasteiger charge is -2.00. The molecule has 0 aliphatic carbocycles. The lowest BCUT2D eigenvalue weighted by molar-refractivity contribution is 0.764. The predicted octanol–water partition coefficient (Wildman–Crippen LogP) is 0.170. The van der Waals surface area contributed by atoms with E-state index in [1.54, 1.807) is 0 Å². The van der Waals surface area contributed by atoms with Crippen LogP contribution in [-0.4, -0.2) is 12.8 Å². The number of hydrogen-bond acceptors (Lipinski definition) is 2. The molecule has 1 aliphatic rings. The smallest absolute Gasteiger partial charge is 0.0364 e. The summed E-state index contributed by atoms with van der Waals surface area (Å²) in [7, 11) is 0. The van der Waals surface area contributed by atoms with Gasteiger partial charge in [0.15, 0.2) is 0 Å². The monoisotopic (exact) mass is 83.1 g/mol. The van der Waals surface area contributed by atoms with E-state index in [0.29, 0.717) is 0 Å². The van der Waals surface area contributed by atoms with Crippen LogP contribution < -0.4 is 5.43 Å². The van der Waals surface area contributed by atoms with Gasteiger partial charge in [0.25, 0.3) is 0 Å². The number of nitrogens with zero attached hydrogens (tertiary/aromatic N) is 1. The molecular weight excluding hydrogens is 76.1 g/mol. The second-order valence-corrected chi connectivity index (χ2v) is 1.20. The van der Waals surface area contributed by atoms with Crippen LogP contribution in [0.4, 0.5) is 0 Å². The third kappa shape index (κ3) is 0.708. The van der Waals surface area contributed by atoms with Crippen LogP contribution in [0.25, 0.3) is 0 Å². The van der Waals surface area contributed by atoms with Crippen molar-refractivity contribution >= 4 is 6.21 Å². The maximum atomic E-state index is 3.77. The summed E-state index contributed by atoms with van der Waals surface area (Å²) in [5.74, 6) is 0. The summed E-state index contributed by atoms with van der Waals surface area (Å²) in [5.41, 5.74) is 2.80. The number of nitrogens with one attached hydrogen (secondary N) is 1. The summed E-state index contributed by atoms with van der Waals surface area (Å²) in [6.07, 6.45) is 5.00. The topological polar surface area (TPSA) is 24.4 Å². The number of rotatable bonds is 0. The van der Waals surface area contributed by atoms with Gasteiger partial charge in [0.2, 0.25) is 0 Å². The Balaban J connectivity index is 2.26. The molecule has 0 bridgehead atoms. The first-order valence-electron chi connectivity index (χ1n) is 2.06. The Bertz CT molecular complexity index is 50.6. The molecule has 6 heavy (non-hydrogen) atoms. The molecule has 0 saturated heterocycles. The van der Waals surface area contributed by atoms with Crippen molar-refractivity contribution in [3.8, 4) is 0 Å². The summed E-state index contributed by atoms with van der Waals surface area (Å²) in [5, 5.41) is 3.77. The minimum Gasteiger partial charge on any atom is -0.310 e. The van der Waals surface area contributed by atoms with E-state index < -0.39 is 0 Å². The first-order valence-corrected chi connectivity index (χ1v) is 2.06. The molecule has 0 amide bonds. The van der Waals surface area contributed by atoms with Gasteiger partial charge in [-0.3, -0.25) is 0 Å². The summed E-state index contributed by atoms with van der Waals surface area (Å²) < 4.78 is 0. The Hall–Kier alpha value is -0.530. The Morgan fingerprint density at radius 1 is 1.67 bits per heavy atom. The zero-order valence-corrected chi connectivity index (χ0v) is 3.52. The van der Waals surface area contributed by atoms with Gasteiger partial charge >= 0.3 is 0 Å². The maximum absolute atomic E-state index is 3.77. The molecule has 0 fully saturated rings. The van der Waals surface area contributed by atoms with Gasteiger partial charge in [-0.15, -0.1) is 0 Å². The van der Waals surface area contributed by atoms with E-state index in [1.165, 1.54) is 0 Å². The van der Waals surface area contributed by atoms with E-state index in [0.717, 1.165) is 13.0 Å². The first kappa shape index (κ1) is 3.65. The first-order chi connectivity index (χ1) is 3.00. The highest BCUT2D eigenvalue weighted by Crippen LogP contribution is 1.84. The zero-order valence-electron chi connectivity index (χ0n) is 3.52. The highest BCUT2D eigenvalue weighted by atomic mass is 15.3. The van der Waals surface area contributed by atoms with Crippen molar-refractivity contribution in [1.82, 2.24) is 5.43 Å². The van der Waals surface area contributed by atoms with Crippen molar-refractivity contribution in [1.29, 1.82) is 0 Å². The van der Waals surface area contributed by atoms with Gasteiger partial charge < -0.3 is 5.43 Å². The lowest BCUT2D eigenvalue weighted by Crippen LogP contribution is -2.12. The molecule has 1 N–H and O–H groups in total. The molecule has 0 unspecified atom stereocenters. The predicted molar refractivity (Wildman–Crippen MR) is 25.4 cm³/mol. The Morgan fingerprint density at radius 3 is 2.83 bits per heavy atom. The van der Waals surface area contributed by atoms with Crippen LogP contribution in [0, 0.1) is 6.42 Å². The molecule has 0 aromatic heterocycles. The van der Waals surface area contributed by atoms with Crippen LogP contribution in [0.1, 0.15) is 6.42 Å². The van der Waals surface area contributed by atoms with Gasteiger partial charge in [-0.25, -0.2) is 0 Å². The summed E-state index contributed by atoms with van der Waals surface area (Å²) in [6, 6.07) is 0. The fraction of sp³-hybridized carbons (Fsp3) is 0.500. The molecule has 2 heteroatoms.